The summed E-state index contributed by atoms with van der Waals surface area (Å²) < 4.78 is 4.65. The minimum Gasteiger partial charge on any atom is -0.481 e. The SMILES string of the molecule is CCOC(=O)CC(C(=O)O)=C(C)CCC(=O)O. The predicted molar refractivity (Wildman–Crippen MR) is 58.5 cm³/mol. The van der Waals surface area contributed by atoms with E-state index in [0.717, 1.165) is 0 Å². The summed E-state index contributed by atoms with van der Waals surface area (Å²) in [4.78, 5) is 32.4. The number of carboxylic acid groups (broad SMARTS) is 2. The van der Waals surface area contributed by atoms with Gasteiger partial charge in [0.1, 0.15) is 0 Å². The second kappa shape index (κ2) is 7.43. The predicted octanol–water partition coefficient (Wildman–Crippen LogP) is 1.21. The van der Waals surface area contributed by atoms with Crippen molar-refractivity contribution >= 4 is 17.9 Å². The fourth-order valence-electron chi connectivity index (χ4n) is 1.21. The van der Waals surface area contributed by atoms with Crippen molar-refractivity contribution in [1.29, 1.82) is 0 Å². The lowest BCUT2D eigenvalue weighted by molar-refractivity contribution is -0.144. The molecule has 0 aliphatic carbocycles. The summed E-state index contributed by atoms with van der Waals surface area (Å²) in [5.41, 5.74) is 0.289. The molecule has 0 saturated heterocycles. The van der Waals surface area contributed by atoms with Crippen molar-refractivity contribution in [3.63, 3.8) is 0 Å². The Balaban J connectivity index is 4.69. The van der Waals surface area contributed by atoms with Gasteiger partial charge in [-0.2, -0.15) is 0 Å². The number of carbonyl (C=O) groups excluding carboxylic acids is 1. The lowest BCUT2D eigenvalue weighted by Crippen LogP contribution is -2.12. The Kier molecular flexibility index (Phi) is 6.62. The second-order valence-corrected chi connectivity index (χ2v) is 3.44. The maximum absolute atomic E-state index is 11.2. The molecule has 0 aromatic rings. The van der Waals surface area contributed by atoms with Crippen LogP contribution in [0.1, 0.15) is 33.1 Å². The smallest absolute Gasteiger partial charge is 0.332 e. The first-order chi connectivity index (χ1) is 7.88. The zero-order valence-corrected chi connectivity index (χ0v) is 9.86. The first-order valence-electron chi connectivity index (χ1n) is 5.17. The number of carbonyl (C=O) groups is 3. The molecule has 0 radical (unpaired) electrons. The quantitative estimate of drug-likeness (QED) is 0.515. The standard InChI is InChI=1S/C11H16O6/c1-3-17-10(14)6-8(11(15)16)7(2)4-5-9(12)13/h3-6H2,1-2H3,(H,12,13)(H,15,16). The summed E-state index contributed by atoms with van der Waals surface area (Å²) >= 11 is 0. The van der Waals surface area contributed by atoms with E-state index in [2.05, 4.69) is 4.74 Å². The van der Waals surface area contributed by atoms with Crippen LogP contribution in [-0.4, -0.2) is 34.7 Å². The third kappa shape index (κ3) is 6.34. The van der Waals surface area contributed by atoms with Gasteiger partial charge in [0.2, 0.25) is 0 Å². The maximum Gasteiger partial charge on any atom is 0.332 e. The summed E-state index contributed by atoms with van der Waals surface area (Å²) in [6.07, 6.45) is -0.392. The fourth-order valence-corrected chi connectivity index (χ4v) is 1.21. The molecule has 0 atom stereocenters. The van der Waals surface area contributed by atoms with E-state index in [-0.39, 0.29) is 31.4 Å². The van der Waals surface area contributed by atoms with Crippen LogP contribution in [0.3, 0.4) is 0 Å². The molecule has 0 spiro atoms. The van der Waals surface area contributed by atoms with E-state index in [1.165, 1.54) is 6.92 Å². The number of rotatable bonds is 7. The normalized spacial score (nSPS) is 11.6. The Bertz CT molecular complexity index is 342. The van der Waals surface area contributed by atoms with Gasteiger partial charge < -0.3 is 14.9 Å². The number of allylic oxidation sites excluding steroid dienone is 1. The van der Waals surface area contributed by atoms with Gasteiger partial charge in [0.05, 0.1) is 13.0 Å². The zero-order valence-electron chi connectivity index (χ0n) is 9.86. The Morgan fingerprint density at radius 3 is 2.12 bits per heavy atom. The number of esters is 1. The van der Waals surface area contributed by atoms with E-state index in [1.54, 1.807) is 6.92 Å². The molecule has 0 unspecified atom stereocenters. The highest BCUT2D eigenvalue weighted by Gasteiger charge is 2.17. The van der Waals surface area contributed by atoms with Gasteiger partial charge in [0, 0.05) is 12.0 Å². The van der Waals surface area contributed by atoms with E-state index in [0.29, 0.717) is 5.57 Å². The minimum absolute atomic E-state index is 0.0929. The molecule has 0 heterocycles. The van der Waals surface area contributed by atoms with Crippen LogP contribution in [0.25, 0.3) is 0 Å². The Labute approximate surface area is 98.9 Å². The van der Waals surface area contributed by atoms with Crippen molar-refractivity contribution in [2.75, 3.05) is 6.61 Å². The first kappa shape index (κ1) is 15.2. The van der Waals surface area contributed by atoms with Gasteiger partial charge >= 0.3 is 17.9 Å². The topological polar surface area (TPSA) is 101 Å². The minimum atomic E-state index is -1.22. The highest BCUT2D eigenvalue weighted by atomic mass is 16.5. The van der Waals surface area contributed by atoms with Crippen LogP contribution in [0, 0.1) is 0 Å². The van der Waals surface area contributed by atoms with Crippen molar-refractivity contribution in [3.05, 3.63) is 11.1 Å². The molecular weight excluding hydrogens is 228 g/mol. The number of hydrogen-bond acceptors (Lipinski definition) is 4. The summed E-state index contributed by atoms with van der Waals surface area (Å²) in [7, 11) is 0. The Hall–Kier alpha value is -1.85. The molecule has 96 valence electrons. The number of ether oxygens (including phenoxy) is 1. The van der Waals surface area contributed by atoms with Crippen molar-refractivity contribution in [2.24, 2.45) is 0 Å². The van der Waals surface area contributed by atoms with Gasteiger partial charge in [-0.25, -0.2) is 4.79 Å². The Morgan fingerprint density at radius 1 is 1.12 bits per heavy atom. The van der Waals surface area contributed by atoms with Gasteiger partial charge in [-0.1, -0.05) is 5.57 Å². The van der Waals surface area contributed by atoms with Crippen molar-refractivity contribution in [1.82, 2.24) is 0 Å². The molecule has 6 heteroatoms. The van der Waals surface area contributed by atoms with Crippen LogP contribution in [0.5, 0.6) is 0 Å². The average Bonchev–Trinajstić information content (AvgIpc) is 2.22. The van der Waals surface area contributed by atoms with Crippen molar-refractivity contribution in [2.45, 2.75) is 33.1 Å². The van der Waals surface area contributed by atoms with Crippen LogP contribution in [-0.2, 0) is 19.1 Å². The van der Waals surface area contributed by atoms with E-state index in [4.69, 9.17) is 10.2 Å². The van der Waals surface area contributed by atoms with Gasteiger partial charge in [-0.05, 0) is 20.3 Å². The molecule has 0 aromatic heterocycles. The molecule has 0 aliphatic heterocycles. The molecule has 0 fully saturated rings. The van der Waals surface area contributed by atoms with Gasteiger partial charge in [-0.3, -0.25) is 9.59 Å². The van der Waals surface area contributed by atoms with E-state index in [1.807, 2.05) is 0 Å². The van der Waals surface area contributed by atoms with Gasteiger partial charge in [0.15, 0.2) is 0 Å². The van der Waals surface area contributed by atoms with Crippen molar-refractivity contribution < 1.29 is 29.3 Å². The zero-order chi connectivity index (χ0) is 13.4. The molecule has 0 aliphatic rings. The molecule has 0 bridgehead atoms. The molecule has 0 amide bonds. The van der Waals surface area contributed by atoms with Gasteiger partial charge in [0.25, 0.3) is 0 Å². The fraction of sp³-hybridized carbons (Fsp3) is 0.545. The number of aliphatic carboxylic acids is 2. The average molecular weight is 244 g/mol. The van der Waals surface area contributed by atoms with Crippen LogP contribution < -0.4 is 0 Å². The summed E-state index contributed by atoms with van der Waals surface area (Å²) in [6.45, 7) is 3.31. The largest absolute Gasteiger partial charge is 0.481 e. The molecule has 6 nitrogen and oxygen atoms in total. The second-order valence-electron chi connectivity index (χ2n) is 3.44. The number of carboxylic acids is 2. The van der Waals surface area contributed by atoms with E-state index in [9.17, 15) is 14.4 Å². The first-order valence-corrected chi connectivity index (χ1v) is 5.17. The van der Waals surface area contributed by atoms with Crippen LogP contribution in [0.4, 0.5) is 0 Å². The van der Waals surface area contributed by atoms with Crippen LogP contribution in [0.15, 0.2) is 11.1 Å². The lowest BCUT2D eigenvalue weighted by atomic mass is 10.0. The van der Waals surface area contributed by atoms with E-state index >= 15 is 0 Å². The molecule has 17 heavy (non-hydrogen) atoms. The number of hydrogen-bond donors (Lipinski definition) is 2. The highest BCUT2D eigenvalue weighted by molar-refractivity contribution is 5.93. The summed E-state index contributed by atoms with van der Waals surface area (Å²) in [6, 6.07) is 0. The van der Waals surface area contributed by atoms with Crippen molar-refractivity contribution in [3.8, 4) is 0 Å². The molecule has 0 rings (SSSR count). The Morgan fingerprint density at radius 2 is 1.71 bits per heavy atom. The third-order valence-corrected chi connectivity index (χ3v) is 2.11. The molecular formula is C11H16O6. The van der Waals surface area contributed by atoms with Crippen LogP contribution in [0.2, 0.25) is 0 Å². The maximum atomic E-state index is 11.2. The molecule has 2 N–H and O–H groups in total. The van der Waals surface area contributed by atoms with Gasteiger partial charge in [-0.15, -0.1) is 0 Å². The lowest BCUT2D eigenvalue weighted by Gasteiger charge is -2.07. The van der Waals surface area contributed by atoms with E-state index < -0.39 is 17.9 Å². The molecule has 0 aromatic carbocycles. The monoisotopic (exact) mass is 244 g/mol. The summed E-state index contributed by atoms with van der Waals surface area (Å²) in [5.74, 6) is -2.86. The highest BCUT2D eigenvalue weighted by Crippen LogP contribution is 2.15. The summed E-state index contributed by atoms with van der Waals surface area (Å²) in [5, 5.41) is 17.4. The third-order valence-electron chi connectivity index (χ3n) is 2.11. The molecule has 0 saturated carbocycles. The van der Waals surface area contributed by atoms with Crippen LogP contribution >= 0.6 is 0 Å².